The van der Waals surface area contributed by atoms with Gasteiger partial charge in [-0.3, -0.25) is 11.3 Å². The van der Waals surface area contributed by atoms with Crippen LogP contribution < -0.4 is 16.0 Å². The molecular formula is C15H15Br2FN2O. The van der Waals surface area contributed by atoms with Crippen molar-refractivity contribution in [2.45, 2.75) is 12.5 Å². The average Bonchev–Trinajstić information content (AvgIpc) is 2.47. The number of methoxy groups -OCH3 is 1. The van der Waals surface area contributed by atoms with Crippen molar-refractivity contribution in [3.8, 4) is 5.75 Å². The van der Waals surface area contributed by atoms with Gasteiger partial charge in [0.05, 0.1) is 13.2 Å². The van der Waals surface area contributed by atoms with Crippen LogP contribution in [-0.2, 0) is 6.42 Å². The van der Waals surface area contributed by atoms with Gasteiger partial charge in [-0.2, -0.15) is 0 Å². The lowest BCUT2D eigenvalue weighted by Crippen LogP contribution is -2.30. The molecule has 0 aliphatic carbocycles. The van der Waals surface area contributed by atoms with E-state index < -0.39 is 0 Å². The minimum Gasteiger partial charge on any atom is -0.497 e. The molecule has 0 aliphatic rings. The van der Waals surface area contributed by atoms with Gasteiger partial charge in [0, 0.05) is 8.95 Å². The maximum Gasteiger partial charge on any atom is 0.127 e. The van der Waals surface area contributed by atoms with E-state index in [4.69, 9.17) is 10.6 Å². The maximum absolute atomic E-state index is 14.0. The first-order chi connectivity index (χ1) is 10.0. The summed E-state index contributed by atoms with van der Waals surface area (Å²) < 4.78 is 20.8. The zero-order chi connectivity index (χ0) is 15.4. The Kier molecular flexibility index (Phi) is 5.75. The van der Waals surface area contributed by atoms with E-state index >= 15 is 0 Å². The van der Waals surface area contributed by atoms with Gasteiger partial charge in [0.25, 0.3) is 0 Å². The summed E-state index contributed by atoms with van der Waals surface area (Å²) in [7, 11) is 1.60. The Balaban J connectivity index is 2.31. The van der Waals surface area contributed by atoms with Crippen molar-refractivity contribution in [2.75, 3.05) is 7.11 Å². The predicted octanol–water partition coefficient (Wildman–Crippen LogP) is 4.11. The molecule has 1 atom stereocenters. The quantitative estimate of drug-likeness (QED) is 0.568. The standard InChI is InChI=1S/C15H15Br2FN2O/c1-21-11-4-5-13(17)12(8-11)15(20-19)6-9-2-3-10(16)7-14(9)18/h2-5,7-8,15,20H,6,19H2,1H3. The van der Waals surface area contributed by atoms with Gasteiger partial charge >= 0.3 is 0 Å². The van der Waals surface area contributed by atoms with E-state index in [-0.39, 0.29) is 11.9 Å². The second kappa shape index (κ2) is 7.35. The zero-order valence-corrected chi connectivity index (χ0v) is 14.5. The highest BCUT2D eigenvalue weighted by Gasteiger charge is 2.17. The van der Waals surface area contributed by atoms with Gasteiger partial charge in [-0.25, -0.2) is 4.39 Å². The molecule has 0 saturated heterocycles. The predicted molar refractivity (Wildman–Crippen MR) is 88.6 cm³/mol. The Morgan fingerprint density at radius 1 is 1.24 bits per heavy atom. The Bertz CT molecular complexity index is 637. The summed E-state index contributed by atoms with van der Waals surface area (Å²) >= 11 is 6.74. The minimum atomic E-state index is -0.261. The second-order valence-corrected chi connectivity index (χ2v) is 6.32. The van der Waals surface area contributed by atoms with E-state index in [1.54, 1.807) is 13.2 Å². The summed E-state index contributed by atoms with van der Waals surface area (Å²) in [5.41, 5.74) is 4.25. The van der Waals surface area contributed by atoms with Gasteiger partial charge in [0.1, 0.15) is 11.6 Å². The first-order valence-electron chi connectivity index (χ1n) is 6.28. The molecule has 0 aliphatic heterocycles. The van der Waals surface area contributed by atoms with Crippen LogP contribution in [0.3, 0.4) is 0 Å². The molecule has 21 heavy (non-hydrogen) atoms. The molecule has 3 N–H and O–H groups in total. The Hall–Kier alpha value is -0.950. The molecule has 112 valence electrons. The molecular weight excluding hydrogens is 403 g/mol. The summed E-state index contributed by atoms with van der Waals surface area (Å²) in [6, 6.07) is 10.4. The van der Waals surface area contributed by atoms with Crippen LogP contribution in [0.15, 0.2) is 45.3 Å². The molecule has 0 heterocycles. The van der Waals surface area contributed by atoms with Crippen molar-refractivity contribution >= 4 is 31.9 Å². The highest BCUT2D eigenvalue weighted by molar-refractivity contribution is 9.10. The fourth-order valence-electron chi connectivity index (χ4n) is 2.08. The van der Waals surface area contributed by atoms with E-state index in [1.807, 2.05) is 24.3 Å². The number of nitrogens with two attached hydrogens (primary N) is 1. The molecule has 0 saturated carbocycles. The first kappa shape index (κ1) is 16.4. The van der Waals surface area contributed by atoms with Crippen molar-refractivity contribution in [3.05, 3.63) is 62.3 Å². The van der Waals surface area contributed by atoms with Gasteiger partial charge < -0.3 is 4.74 Å². The summed E-state index contributed by atoms with van der Waals surface area (Å²) in [6.07, 6.45) is 0.432. The number of nitrogens with one attached hydrogen (secondary N) is 1. The lowest BCUT2D eigenvalue weighted by atomic mass is 9.99. The van der Waals surface area contributed by atoms with Crippen LogP contribution in [0.4, 0.5) is 4.39 Å². The van der Waals surface area contributed by atoms with Crippen LogP contribution in [0.2, 0.25) is 0 Å². The summed E-state index contributed by atoms with van der Waals surface area (Å²) in [6.45, 7) is 0. The fourth-order valence-corrected chi connectivity index (χ4v) is 2.94. The van der Waals surface area contributed by atoms with Crippen LogP contribution in [0, 0.1) is 5.82 Å². The van der Waals surface area contributed by atoms with Crippen molar-refractivity contribution in [1.82, 2.24) is 5.43 Å². The highest BCUT2D eigenvalue weighted by Crippen LogP contribution is 2.30. The molecule has 0 radical (unpaired) electrons. The van der Waals surface area contributed by atoms with E-state index in [1.165, 1.54) is 6.07 Å². The summed E-state index contributed by atoms with van der Waals surface area (Å²) in [4.78, 5) is 0. The first-order valence-corrected chi connectivity index (χ1v) is 7.87. The number of halogens is 3. The smallest absolute Gasteiger partial charge is 0.127 e. The SMILES string of the molecule is COc1ccc(Br)c(C(Cc2ccc(Br)cc2F)NN)c1. The van der Waals surface area contributed by atoms with Crippen molar-refractivity contribution in [3.63, 3.8) is 0 Å². The van der Waals surface area contributed by atoms with Crippen LogP contribution in [0.25, 0.3) is 0 Å². The summed E-state index contributed by atoms with van der Waals surface area (Å²) in [5.74, 6) is 6.12. The van der Waals surface area contributed by atoms with Gasteiger partial charge in [-0.15, -0.1) is 0 Å². The monoisotopic (exact) mass is 416 g/mol. The van der Waals surface area contributed by atoms with Crippen LogP contribution >= 0.6 is 31.9 Å². The molecule has 0 fully saturated rings. The lowest BCUT2D eigenvalue weighted by molar-refractivity contribution is 0.412. The minimum absolute atomic E-state index is 0.231. The summed E-state index contributed by atoms with van der Waals surface area (Å²) in [5, 5.41) is 0. The Labute approximate surface area is 139 Å². The number of hydrazine groups is 1. The fraction of sp³-hybridized carbons (Fsp3) is 0.200. The third-order valence-corrected chi connectivity index (χ3v) is 4.43. The number of benzene rings is 2. The average molecular weight is 418 g/mol. The molecule has 2 aromatic rings. The molecule has 3 nitrogen and oxygen atoms in total. The van der Waals surface area contributed by atoms with Crippen molar-refractivity contribution in [2.24, 2.45) is 5.84 Å². The number of rotatable bonds is 5. The molecule has 2 aromatic carbocycles. The molecule has 1 unspecified atom stereocenters. The molecule has 6 heteroatoms. The van der Waals surface area contributed by atoms with Crippen molar-refractivity contribution in [1.29, 1.82) is 0 Å². The van der Waals surface area contributed by atoms with E-state index in [0.29, 0.717) is 16.5 Å². The normalized spacial score (nSPS) is 12.2. The Morgan fingerprint density at radius 2 is 2.00 bits per heavy atom. The van der Waals surface area contributed by atoms with E-state index in [2.05, 4.69) is 37.3 Å². The van der Waals surface area contributed by atoms with Gasteiger partial charge in [-0.05, 0) is 47.9 Å². The highest BCUT2D eigenvalue weighted by atomic mass is 79.9. The van der Waals surface area contributed by atoms with Crippen LogP contribution in [-0.4, -0.2) is 7.11 Å². The second-order valence-electron chi connectivity index (χ2n) is 4.55. The maximum atomic E-state index is 14.0. The molecule has 2 rings (SSSR count). The largest absolute Gasteiger partial charge is 0.497 e. The number of hydrogen-bond acceptors (Lipinski definition) is 3. The van der Waals surface area contributed by atoms with Gasteiger partial charge in [0.2, 0.25) is 0 Å². The molecule has 0 bridgehead atoms. The van der Waals surface area contributed by atoms with Crippen LogP contribution in [0.1, 0.15) is 17.2 Å². The van der Waals surface area contributed by atoms with Crippen molar-refractivity contribution < 1.29 is 9.13 Å². The molecule has 0 amide bonds. The Morgan fingerprint density at radius 3 is 2.62 bits per heavy atom. The van der Waals surface area contributed by atoms with E-state index in [9.17, 15) is 4.39 Å². The number of hydrogen-bond donors (Lipinski definition) is 2. The van der Waals surface area contributed by atoms with Crippen LogP contribution in [0.5, 0.6) is 5.75 Å². The van der Waals surface area contributed by atoms with Gasteiger partial charge in [0.15, 0.2) is 0 Å². The molecule has 0 aromatic heterocycles. The lowest BCUT2D eigenvalue weighted by Gasteiger charge is -2.19. The topological polar surface area (TPSA) is 47.3 Å². The van der Waals surface area contributed by atoms with E-state index in [0.717, 1.165) is 15.8 Å². The number of ether oxygens (including phenoxy) is 1. The third-order valence-electron chi connectivity index (χ3n) is 3.22. The zero-order valence-electron chi connectivity index (χ0n) is 11.4. The third kappa shape index (κ3) is 4.03. The molecule has 0 spiro atoms. The van der Waals surface area contributed by atoms with Gasteiger partial charge in [-0.1, -0.05) is 37.9 Å².